The minimum absolute atomic E-state index is 0.147. The first-order valence-electron chi connectivity index (χ1n) is 25.6. The molecule has 8 rings (SSSR count). The highest BCUT2D eigenvalue weighted by Gasteiger charge is 2.30. The highest BCUT2D eigenvalue weighted by molar-refractivity contribution is 5.60. The molecule has 0 spiro atoms. The van der Waals surface area contributed by atoms with Crippen molar-refractivity contribution in [2.45, 2.75) is 144 Å². The molecular formula is C64H78O6. The number of ether oxygens (including phenoxy) is 6. The Morgan fingerprint density at radius 3 is 0.871 bits per heavy atom. The number of rotatable bonds is 6. The van der Waals surface area contributed by atoms with Crippen molar-refractivity contribution in [3.05, 3.63) is 187 Å². The fourth-order valence-corrected chi connectivity index (χ4v) is 9.55. The Labute approximate surface area is 420 Å². The monoisotopic (exact) mass is 943 g/mol. The summed E-state index contributed by atoms with van der Waals surface area (Å²) < 4.78 is 41.0. The number of benzene rings is 6. The molecule has 0 amide bonds. The van der Waals surface area contributed by atoms with Crippen molar-refractivity contribution >= 4 is 0 Å². The van der Waals surface area contributed by atoms with Crippen LogP contribution in [0, 0.1) is 0 Å². The molecule has 1 aliphatic carbocycles. The summed E-state index contributed by atoms with van der Waals surface area (Å²) in [5, 5.41) is 0. The van der Waals surface area contributed by atoms with Gasteiger partial charge in [0.1, 0.15) is 49.4 Å². The number of hydrogen-bond donors (Lipinski definition) is 0. The average Bonchev–Trinajstić information content (AvgIpc) is 3.29. The second-order valence-corrected chi connectivity index (χ2v) is 23.7. The molecule has 6 aromatic rings. The molecule has 70 heavy (non-hydrogen) atoms. The van der Waals surface area contributed by atoms with Crippen LogP contribution in [0.3, 0.4) is 0 Å². The van der Waals surface area contributed by atoms with Crippen LogP contribution in [0.2, 0.25) is 0 Å². The second-order valence-electron chi connectivity index (χ2n) is 23.7. The topological polar surface area (TPSA) is 55.4 Å². The Kier molecular flexibility index (Phi) is 15.3. The molecule has 10 bridgehead atoms. The van der Waals surface area contributed by atoms with Gasteiger partial charge in [-0.3, -0.25) is 0 Å². The molecule has 2 aliphatic rings. The molecule has 370 valence electrons. The minimum Gasteiger partial charge on any atom is -0.491 e. The van der Waals surface area contributed by atoms with Crippen molar-refractivity contribution in [3.63, 3.8) is 0 Å². The molecule has 0 saturated heterocycles. The van der Waals surface area contributed by atoms with Crippen molar-refractivity contribution in [2.24, 2.45) is 0 Å². The van der Waals surface area contributed by atoms with E-state index in [1.807, 2.05) is 0 Å². The molecule has 0 saturated carbocycles. The van der Waals surface area contributed by atoms with E-state index in [2.05, 4.69) is 192 Å². The Hall–Kier alpha value is -5.56. The van der Waals surface area contributed by atoms with E-state index in [-0.39, 0.29) is 21.7 Å². The summed E-state index contributed by atoms with van der Waals surface area (Å²) in [6.07, 6.45) is 2.40. The van der Waals surface area contributed by atoms with Gasteiger partial charge in [0.2, 0.25) is 0 Å². The standard InChI is InChI=1S/C64H78O6/c1-61(2,3)53-33-45-29-49-37-55(63(7,8)9)39-51(59(49)69-41-43-19-15-13-16-20-43)31-47-35-54(62(4,5)6)36-48-32-52-40-56(64(10,11)12)38-50(60(52)70-42-44-21-17-14-18-22-44)30-46(34-53)57(45)67-27-25-65-23-24-66-26-28-68-58(47)48/h13-22,33-40H,23-32,41-42H2,1-12H3. The molecule has 0 radical (unpaired) electrons. The van der Waals surface area contributed by atoms with Crippen LogP contribution in [0.25, 0.3) is 0 Å². The van der Waals surface area contributed by atoms with Gasteiger partial charge < -0.3 is 28.4 Å². The normalized spacial score (nSPS) is 15.1. The SMILES string of the molecule is CC(C)(C)c1cc2c3c(c1)Cc1cc(C(C)(C)C)cc(c1OCc1ccccc1)Cc1cc(C(C)(C)C)cc(c1OCCOCCOCCO3)Cc1cc(C(C)(C)C)cc(c1OCc1ccccc1)C2. The van der Waals surface area contributed by atoms with Crippen LogP contribution in [-0.2, 0) is 70.0 Å². The first kappa shape index (κ1) is 50.8. The zero-order valence-electron chi connectivity index (χ0n) is 44.3. The van der Waals surface area contributed by atoms with Crippen molar-refractivity contribution < 1.29 is 28.4 Å². The van der Waals surface area contributed by atoms with Gasteiger partial charge in [-0.2, -0.15) is 0 Å². The minimum atomic E-state index is -0.155. The van der Waals surface area contributed by atoms with Gasteiger partial charge in [0.25, 0.3) is 0 Å². The fourth-order valence-electron chi connectivity index (χ4n) is 9.55. The van der Waals surface area contributed by atoms with Gasteiger partial charge in [0, 0.05) is 25.7 Å². The molecule has 6 heteroatoms. The molecule has 6 nitrogen and oxygen atoms in total. The molecule has 6 aromatic carbocycles. The van der Waals surface area contributed by atoms with Crippen molar-refractivity contribution in [2.75, 3.05) is 39.6 Å². The summed E-state index contributed by atoms with van der Waals surface area (Å²) in [7, 11) is 0. The van der Waals surface area contributed by atoms with E-state index in [4.69, 9.17) is 28.4 Å². The van der Waals surface area contributed by atoms with E-state index in [1.165, 1.54) is 22.3 Å². The first-order chi connectivity index (χ1) is 33.2. The lowest BCUT2D eigenvalue weighted by Crippen LogP contribution is -2.18. The smallest absolute Gasteiger partial charge is 0.126 e. The third-order valence-corrected chi connectivity index (χ3v) is 13.7. The van der Waals surface area contributed by atoms with E-state index >= 15 is 0 Å². The van der Waals surface area contributed by atoms with Gasteiger partial charge in [0.05, 0.1) is 26.4 Å². The van der Waals surface area contributed by atoms with Gasteiger partial charge >= 0.3 is 0 Å². The van der Waals surface area contributed by atoms with Crippen molar-refractivity contribution in [3.8, 4) is 23.0 Å². The van der Waals surface area contributed by atoms with Crippen LogP contribution in [0.1, 0.15) is 161 Å². The molecule has 0 aromatic heterocycles. The molecule has 1 heterocycles. The Balaban J connectivity index is 1.49. The summed E-state index contributed by atoms with van der Waals surface area (Å²) in [6, 6.07) is 40.2. The van der Waals surface area contributed by atoms with Crippen LogP contribution in [-0.4, -0.2) is 39.6 Å². The fraction of sp³-hybridized carbons (Fsp3) is 0.438. The molecule has 0 unspecified atom stereocenters. The van der Waals surface area contributed by atoms with Crippen molar-refractivity contribution in [1.29, 1.82) is 0 Å². The molecule has 1 aliphatic heterocycles. The highest BCUT2D eigenvalue weighted by Crippen LogP contribution is 2.45. The van der Waals surface area contributed by atoms with E-state index in [9.17, 15) is 0 Å². The van der Waals surface area contributed by atoms with Gasteiger partial charge in [-0.15, -0.1) is 0 Å². The number of hydrogen-bond acceptors (Lipinski definition) is 6. The van der Waals surface area contributed by atoms with Crippen LogP contribution >= 0.6 is 0 Å². The lowest BCUT2D eigenvalue weighted by atomic mass is 9.79. The van der Waals surface area contributed by atoms with E-state index in [0.717, 1.165) is 78.6 Å². The summed E-state index contributed by atoms with van der Waals surface area (Å²) in [5.41, 5.74) is 15.7. The third kappa shape index (κ3) is 12.5. The maximum absolute atomic E-state index is 7.21. The predicted molar refractivity (Wildman–Crippen MR) is 286 cm³/mol. The van der Waals surface area contributed by atoms with Crippen LogP contribution < -0.4 is 18.9 Å². The van der Waals surface area contributed by atoms with E-state index < -0.39 is 0 Å². The summed E-state index contributed by atoms with van der Waals surface area (Å²) in [4.78, 5) is 0. The first-order valence-corrected chi connectivity index (χ1v) is 25.6. The maximum atomic E-state index is 7.21. The zero-order valence-corrected chi connectivity index (χ0v) is 44.3. The quantitative estimate of drug-likeness (QED) is 0.166. The largest absolute Gasteiger partial charge is 0.491 e. The molecule has 0 atom stereocenters. The predicted octanol–water partition coefficient (Wildman–Crippen LogP) is 14.5. The van der Waals surface area contributed by atoms with E-state index in [0.29, 0.717) is 78.5 Å². The zero-order chi connectivity index (χ0) is 49.8. The summed E-state index contributed by atoms with van der Waals surface area (Å²) >= 11 is 0. The molecule has 0 fully saturated rings. The van der Waals surface area contributed by atoms with Gasteiger partial charge in [-0.1, -0.05) is 192 Å². The van der Waals surface area contributed by atoms with Gasteiger partial charge in [-0.05, 0) is 99.5 Å². The molecule has 0 N–H and O–H groups in total. The van der Waals surface area contributed by atoms with Gasteiger partial charge in [0.15, 0.2) is 0 Å². The number of fused-ring (bicyclic) bond motifs is 2. The van der Waals surface area contributed by atoms with Crippen LogP contribution in [0.4, 0.5) is 0 Å². The summed E-state index contributed by atoms with van der Waals surface area (Å²) in [5.74, 6) is 3.60. The highest BCUT2D eigenvalue weighted by atomic mass is 16.6. The van der Waals surface area contributed by atoms with E-state index in [1.54, 1.807) is 0 Å². The van der Waals surface area contributed by atoms with Crippen LogP contribution in [0.15, 0.2) is 109 Å². The maximum Gasteiger partial charge on any atom is 0.126 e. The van der Waals surface area contributed by atoms with Crippen molar-refractivity contribution in [1.82, 2.24) is 0 Å². The van der Waals surface area contributed by atoms with Crippen LogP contribution in [0.5, 0.6) is 23.0 Å². The Morgan fingerprint density at radius 2 is 0.600 bits per heavy atom. The average molecular weight is 943 g/mol. The third-order valence-electron chi connectivity index (χ3n) is 13.7. The van der Waals surface area contributed by atoms with Gasteiger partial charge in [-0.25, -0.2) is 0 Å². The molecular weight excluding hydrogens is 865 g/mol. The second kappa shape index (κ2) is 21.0. The lowest BCUT2D eigenvalue weighted by Gasteiger charge is -2.29. The Bertz CT molecular complexity index is 2450. The summed E-state index contributed by atoms with van der Waals surface area (Å²) in [6.45, 7) is 31.2. The lowest BCUT2D eigenvalue weighted by molar-refractivity contribution is 0.0270. The Morgan fingerprint density at radius 1 is 0.343 bits per heavy atom.